The highest BCUT2D eigenvalue weighted by Gasteiger charge is 2.16. The number of carbonyl (C=O) groups is 1. The van der Waals surface area contributed by atoms with Crippen molar-refractivity contribution in [2.75, 3.05) is 12.4 Å². The van der Waals surface area contributed by atoms with Crippen LogP contribution in [-0.4, -0.2) is 13.0 Å². The summed E-state index contributed by atoms with van der Waals surface area (Å²) >= 11 is 5.93. The largest absolute Gasteiger partial charge is 0.495 e. The van der Waals surface area contributed by atoms with Gasteiger partial charge in [-0.3, -0.25) is 4.79 Å². The lowest BCUT2D eigenvalue weighted by Crippen LogP contribution is -2.21. The summed E-state index contributed by atoms with van der Waals surface area (Å²) in [4.78, 5) is 24.4. The molecule has 0 atom stereocenters. The maximum absolute atomic E-state index is 12.4. The van der Waals surface area contributed by atoms with E-state index in [9.17, 15) is 9.59 Å². The third-order valence-corrected chi connectivity index (χ3v) is 3.53. The number of amides is 1. The summed E-state index contributed by atoms with van der Waals surface area (Å²) in [6, 6.07) is 13.3. The minimum absolute atomic E-state index is 0.0919. The monoisotopic (exact) mass is 329 g/mol. The third kappa shape index (κ3) is 3.05. The van der Waals surface area contributed by atoms with Gasteiger partial charge in [0, 0.05) is 10.4 Å². The quantitative estimate of drug-likeness (QED) is 0.744. The normalized spacial score (nSPS) is 10.5. The van der Waals surface area contributed by atoms with Crippen molar-refractivity contribution in [3.05, 3.63) is 69.5 Å². The molecule has 23 heavy (non-hydrogen) atoms. The molecule has 0 saturated heterocycles. The Bertz CT molecular complexity index is 949. The molecule has 116 valence electrons. The Labute approximate surface area is 136 Å². The average Bonchev–Trinajstić information content (AvgIpc) is 2.54. The van der Waals surface area contributed by atoms with Crippen LogP contribution in [0.1, 0.15) is 10.4 Å². The number of benzene rings is 2. The van der Waals surface area contributed by atoms with Crippen molar-refractivity contribution in [2.24, 2.45) is 0 Å². The number of hydrogen-bond donors (Lipinski definition) is 1. The topological polar surface area (TPSA) is 68.5 Å². The van der Waals surface area contributed by atoms with Crippen LogP contribution in [0.3, 0.4) is 0 Å². The zero-order valence-corrected chi connectivity index (χ0v) is 12.9. The van der Waals surface area contributed by atoms with Gasteiger partial charge in [-0.25, -0.2) is 4.79 Å². The zero-order valence-electron chi connectivity index (χ0n) is 12.1. The van der Waals surface area contributed by atoms with Gasteiger partial charge in [0.1, 0.15) is 16.9 Å². The molecule has 1 N–H and O–H groups in total. The summed E-state index contributed by atoms with van der Waals surface area (Å²) in [5, 5.41) is 3.71. The molecule has 1 amide bonds. The number of nitrogens with one attached hydrogen (secondary N) is 1. The van der Waals surface area contributed by atoms with Gasteiger partial charge in [0.15, 0.2) is 0 Å². The summed E-state index contributed by atoms with van der Waals surface area (Å²) in [6.45, 7) is 0. The second-order valence-electron chi connectivity index (χ2n) is 4.78. The summed E-state index contributed by atoms with van der Waals surface area (Å²) in [5.74, 6) is -0.155. The van der Waals surface area contributed by atoms with Gasteiger partial charge in [0.25, 0.3) is 5.91 Å². The predicted octanol–water partition coefficient (Wildman–Crippen LogP) is 3.71. The van der Waals surface area contributed by atoms with E-state index in [-0.39, 0.29) is 5.56 Å². The number of ether oxygens (including phenoxy) is 1. The van der Waals surface area contributed by atoms with Crippen molar-refractivity contribution >= 4 is 34.2 Å². The second-order valence-corrected chi connectivity index (χ2v) is 5.22. The fourth-order valence-corrected chi connectivity index (χ4v) is 2.36. The molecule has 0 aliphatic carbocycles. The van der Waals surface area contributed by atoms with Crippen molar-refractivity contribution in [1.29, 1.82) is 0 Å². The fraction of sp³-hybridized carbons (Fsp3) is 0.0588. The number of rotatable bonds is 3. The minimum atomic E-state index is -0.706. The van der Waals surface area contributed by atoms with Gasteiger partial charge in [-0.05, 0) is 30.3 Å². The maximum atomic E-state index is 12.4. The number of carbonyl (C=O) groups excluding carboxylic acids is 1. The first kappa shape index (κ1) is 15.1. The molecule has 6 heteroatoms. The lowest BCUT2D eigenvalue weighted by atomic mass is 10.1. The minimum Gasteiger partial charge on any atom is -0.495 e. The molecule has 5 nitrogen and oxygen atoms in total. The molecule has 0 aliphatic rings. The van der Waals surface area contributed by atoms with Crippen molar-refractivity contribution in [2.45, 2.75) is 0 Å². The molecule has 0 aliphatic heterocycles. The van der Waals surface area contributed by atoms with E-state index < -0.39 is 11.5 Å². The molecule has 0 unspecified atom stereocenters. The molecule has 0 radical (unpaired) electrons. The summed E-state index contributed by atoms with van der Waals surface area (Å²) in [6.07, 6.45) is 0. The standard InChI is InChI=1S/C17H12ClNO4/c1-22-15-7-6-11(18)9-13(15)19-16(20)12-8-10-4-2-3-5-14(10)23-17(12)21/h2-9H,1H3,(H,19,20). The lowest BCUT2D eigenvalue weighted by Gasteiger charge is -2.10. The van der Waals surface area contributed by atoms with E-state index in [0.717, 1.165) is 0 Å². The van der Waals surface area contributed by atoms with Crippen LogP contribution >= 0.6 is 11.6 Å². The van der Waals surface area contributed by atoms with Gasteiger partial charge in [-0.15, -0.1) is 0 Å². The Morgan fingerprint density at radius 1 is 1.17 bits per heavy atom. The zero-order chi connectivity index (χ0) is 16.4. The number of para-hydroxylation sites is 1. The van der Waals surface area contributed by atoms with Crippen LogP contribution < -0.4 is 15.7 Å². The molecule has 0 spiro atoms. The molecule has 1 heterocycles. The number of hydrogen-bond acceptors (Lipinski definition) is 4. The predicted molar refractivity (Wildman–Crippen MR) is 88.4 cm³/mol. The Morgan fingerprint density at radius 3 is 2.74 bits per heavy atom. The van der Waals surface area contributed by atoms with Crippen molar-refractivity contribution in [1.82, 2.24) is 0 Å². The SMILES string of the molecule is COc1ccc(Cl)cc1NC(=O)c1cc2ccccc2oc1=O. The highest BCUT2D eigenvalue weighted by atomic mass is 35.5. The molecule has 0 saturated carbocycles. The van der Waals surface area contributed by atoms with E-state index in [1.807, 2.05) is 0 Å². The molecule has 1 aromatic heterocycles. The highest BCUT2D eigenvalue weighted by Crippen LogP contribution is 2.28. The van der Waals surface area contributed by atoms with Gasteiger partial charge >= 0.3 is 5.63 Å². The van der Waals surface area contributed by atoms with Crippen molar-refractivity contribution < 1.29 is 13.9 Å². The van der Waals surface area contributed by atoms with E-state index in [2.05, 4.69) is 5.32 Å². The smallest absolute Gasteiger partial charge is 0.349 e. The first-order valence-corrected chi connectivity index (χ1v) is 7.14. The molecule has 2 aromatic carbocycles. The second kappa shape index (κ2) is 6.14. The Kier molecular flexibility index (Phi) is 4.04. The molecule has 3 rings (SSSR count). The van der Waals surface area contributed by atoms with Gasteiger partial charge < -0.3 is 14.5 Å². The molecule has 3 aromatic rings. The van der Waals surface area contributed by atoms with Crippen molar-refractivity contribution in [3.63, 3.8) is 0 Å². The van der Waals surface area contributed by atoms with Crippen LogP contribution in [0.25, 0.3) is 11.0 Å². The van der Waals surface area contributed by atoms with Crippen molar-refractivity contribution in [3.8, 4) is 5.75 Å². The van der Waals surface area contributed by atoms with E-state index >= 15 is 0 Å². The molecular weight excluding hydrogens is 318 g/mol. The van der Waals surface area contributed by atoms with Crippen LogP contribution in [0.5, 0.6) is 5.75 Å². The van der Waals surface area contributed by atoms with E-state index in [1.54, 1.807) is 42.5 Å². The first-order valence-electron chi connectivity index (χ1n) is 6.76. The van der Waals surface area contributed by atoms with Crippen LogP contribution in [-0.2, 0) is 0 Å². The van der Waals surface area contributed by atoms with E-state index in [0.29, 0.717) is 27.4 Å². The van der Waals surface area contributed by atoms with Crippen LogP contribution in [0.15, 0.2) is 57.7 Å². The Hall–Kier alpha value is -2.79. The Morgan fingerprint density at radius 2 is 1.96 bits per heavy atom. The Balaban J connectivity index is 2.00. The summed E-state index contributed by atoms with van der Waals surface area (Å²) < 4.78 is 10.3. The third-order valence-electron chi connectivity index (χ3n) is 3.30. The number of anilines is 1. The molecule has 0 fully saturated rings. The highest BCUT2D eigenvalue weighted by molar-refractivity contribution is 6.31. The lowest BCUT2D eigenvalue weighted by molar-refractivity contribution is 0.102. The maximum Gasteiger partial charge on any atom is 0.349 e. The fourth-order valence-electron chi connectivity index (χ4n) is 2.19. The molecular formula is C17H12ClNO4. The number of methoxy groups -OCH3 is 1. The summed E-state index contributed by atoms with van der Waals surface area (Å²) in [5.41, 5.74) is -0.000122. The van der Waals surface area contributed by atoms with Crippen LogP contribution in [0.2, 0.25) is 5.02 Å². The van der Waals surface area contributed by atoms with Gasteiger partial charge in [-0.1, -0.05) is 29.8 Å². The first-order chi connectivity index (χ1) is 11.1. The summed E-state index contributed by atoms with van der Waals surface area (Å²) in [7, 11) is 1.48. The van der Waals surface area contributed by atoms with Crippen LogP contribution in [0, 0.1) is 0 Å². The number of halogens is 1. The molecule has 0 bridgehead atoms. The van der Waals surface area contributed by atoms with Gasteiger partial charge in [0.2, 0.25) is 0 Å². The number of fused-ring (bicyclic) bond motifs is 1. The van der Waals surface area contributed by atoms with Gasteiger partial charge in [-0.2, -0.15) is 0 Å². The average molecular weight is 330 g/mol. The van der Waals surface area contributed by atoms with E-state index in [4.69, 9.17) is 20.8 Å². The van der Waals surface area contributed by atoms with Crippen LogP contribution in [0.4, 0.5) is 5.69 Å². The van der Waals surface area contributed by atoms with Gasteiger partial charge in [0.05, 0.1) is 12.8 Å². The van der Waals surface area contributed by atoms with E-state index in [1.165, 1.54) is 13.2 Å².